The van der Waals surface area contributed by atoms with Gasteiger partial charge in [0.2, 0.25) is 0 Å². The highest BCUT2D eigenvalue weighted by Gasteiger charge is 2.07. The van der Waals surface area contributed by atoms with Gasteiger partial charge >= 0.3 is 0 Å². The lowest BCUT2D eigenvalue weighted by Crippen LogP contribution is -2.11. The van der Waals surface area contributed by atoms with Crippen molar-refractivity contribution >= 4 is 15.9 Å². The van der Waals surface area contributed by atoms with Gasteiger partial charge < -0.3 is 9.94 Å². The van der Waals surface area contributed by atoms with Crippen LogP contribution in [0.2, 0.25) is 0 Å². The normalized spacial score (nSPS) is 10.4. The smallest absolute Gasteiger partial charge is 0.134 e. The maximum Gasteiger partial charge on any atom is 0.134 e. The van der Waals surface area contributed by atoms with E-state index in [1.54, 1.807) is 0 Å². The molecule has 0 saturated carbocycles. The van der Waals surface area contributed by atoms with E-state index in [1.165, 1.54) is 19.2 Å². The Morgan fingerprint density at radius 1 is 1.62 bits per heavy atom. The number of phenolic OH excluding ortho intramolecular Hbond substituents is 1. The van der Waals surface area contributed by atoms with Crippen molar-refractivity contribution in [1.82, 2.24) is 5.48 Å². The van der Waals surface area contributed by atoms with Crippen molar-refractivity contribution < 1.29 is 14.3 Å². The summed E-state index contributed by atoms with van der Waals surface area (Å²) < 4.78 is 13.2. The topological polar surface area (TPSA) is 41.5 Å². The summed E-state index contributed by atoms with van der Waals surface area (Å²) in [5, 5.41) is 9.44. The number of phenols is 1. The van der Waals surface area contributed by atoms with Crippen LogP contribution in [0.25, 0.3) is 0 Å². The highest BCUT2D eigenvalue weighted by Crippen LogP contribution is 2.28. The number of benzene rings is 1. The zero-order valence-electron chi connectivity index (χ0n) is 6.97. The molecule has 0 bridgehead atoms. The molecule has 13 heavy (non-hydrogen) atoms. The number of nitrogens with one attached hydrogen (secondary N) is 1. The molecule has 0 saturated heterocycles. The fraction of sp³-hybridized carbons (Fsp3) is 0.250. The average molecular weight is 250 g/mol. The van der Waals surface area contributed by atoms with E-state index in [-0.39, 0.29) is 12.3 Å². The van der Waals surface area contributed by atoms with Gasteiger partial charge in [0.05, 0.1) is 11.6 Å². The highest BCUT2D eigenvalue weighted by molar-refractivity contribution is 9.10. The van der Waals surface area contributed by atoms with Crippen molar-refractivity contribution in [1.29, 1.82) is 0 Å². The first-order valence-corrected chi connectivity index (χ1v) is 4.37. The molecule has 0 atom stereocenters. The predicted molar refractivity (Wildman–Crippen MR) is 49.6 cm³/mol. The molecule has 0 aliphatic rings. The Balaban J connectivity index is 2.92. The van der Waals surface area contributed by atoms with E-state index in [1.807, 2.05) is 0 Å². The van der Waals surface area contributed by atoms with Crippen LogP contribution in [-0.4, -0.2) is 12.2 Å². The van der Waals surface area contributed by atoms with Crippen molar-refractivity contribution in [2.24, 2.45) is 0 Å². The molecule has 1 aromatic carbocycles. The SMILES string of the molecule is CONCc1cc(F)cc(Br)c1O. The predicted octanol–water partition coefficient (Wildman–Crippen LogP) is 1.94. The third-order valence-electron chi connectivity index (χ3n) is 1.51. The first kappa shape index (κ1) is 10.4. The Hall–Kier alpha value is -0.650. The van der Waals surface area contributed by atoms with E-state index < -0.39 is 5.82 Å². The van der Waals surface area contributed by atoms with Gasteiger partial charge in [-0.25, -0.2) is 4.39 Å². The van der Waals surface area contributed by atoms with Crippen molar-refractivity contribution in [2.45, 2.75) is 6.54 Å². The number of rotatable bonds is 3. The van der Waals surface area contributed by atoms with Crippen LogP contribution >= 0.6 is 15.9 Å². The summed E-state index contributed by atoms with van der Waals surface area (Å²) in [6.07, 6.45) is 0. The summed E-state index contributed by atoms with van der Waals surface area (Å²) in [7, 11) is 1.45. The number of aromatic hydroxyl groups is 1. The Labute approximate surface area is 83.6 Å². The third kappa shape index (κ3) is 2.65. The standard InChI is InChI=1S/C8H9BrFNO2/c1-13-11-4-5-2-6(10)3-7(9)8(5)12/h2-3,11-12H,4H2,1H3. The molecule has 0 aromatic heterocycles. The molecule has 0 fully saturated rings. The van der Waals surface area contributed by atoms with Gasteiger partial charge in [0.15, 0.2) is 0 Å². The van der Waals surface area contributed by atoms with E-state index in [0.29, 0.717) is 10.0 Å². The summed E-state index contributed by atoms with van der Waals surface area (Å²) in [6.45, 7) is 0.249. The summed E-state index contributed by atoms with van der Waals surface area (Å²) in [5.74, 6) is -0.386. The van der Waals surface area contributed by atoms with Crippen LogP contribution < -0.4 is 5.48 Å². The minimum Gasteiger partial charge on any atom is -0.506 e. The van der Waals surface area contributed by atoms with E-state index in [4.69, 9.17) is 0 Å². The van der Waals surface area contributed by atoms with Gasteiger partial charge in [0.1, 0.15) is 11.6 Å². The lowest BCUT2D eigenvalue weighted by molar-refractivity contribution is 0.0860. The van der Waals surface area contributed by atoms with Crippen molar-refractivity contribution in [2.75, 3.05) is 7.11 Å². The molecular formula is C8H9BrFNO2. The molecule has 1 rings (SSSR count). The molecule has 1 aromatic rings. The fourth-order valence-electron chi connectivity index (χ4n) is 0.904. The molecule has 0 spiro atoms. The summed E-state index contributed by atoms with van der Waals surface area (Å²) in [4.78, 5) is 4.58. The first-order chi connectivity index (χ1) is 6.15. The zero-order valence-corrected chi connectivity index (χ0v) is 8.56. The summed E-state index contributed by atoms with van der Waals surface area (Å²) in [6, 6.07) is 2.44. The third-order valence-corrected chi connectivity index (χ3v) is 2.12. The van der Waals surface area contributed by atoms with Gasteiger partial charge in [0, 0.05) is 12.1 Å². The van der Waals surface area contributed by atoms with Crippen LogP contribution in [0.4, 0.5) is 4.39 Å². The fourth-order valence-corrected chi connectivity index (χ4v) is 1.38. The van der Waals surface area contributed by atoms with Crippen LogP contribution in [0.15, 0.2) is 16.6 Å². The molecule has 0 unspecified atom stereocenters. The largest absolute Gasteiger partial charge is 0.506 e. The molecule has 0 aliphatic carbocycles. The number of halogens is 2. The van der Waals surface area contributed by atoms with E-state index in [9.17, 15) is 9.50 Å². The van der Waals surface area contributed by atoms with Gasteiger partial charge in [-0.05, 0) is 28.1 Å². The first-order valence-electron chi connectivity index (χ1n) is 3.58. The average Bonchev–Trinajstić information content (AvgIpc) is 2.09. The van der Waals surface area contributed by atoms with E-state index >= 15 is 0 Å². The van der Waals surface area contributed by atoms with Gasteiger partial charge in [-0.15, -0.1) is 0 Å². The molecular weight excluding hydrogens is 241 g/mol. The van der Waals surface area contributed by atoms with Gasteiger partial charge in [-0.2, -0.15) is 5.48 Å². The van der Waals surface area contributed by atoms with Crippen LogP contribution in [0.1, 0.15) is 5.56 Å². The molecule has 3 nitrogen and oxygen atoms in total. The van der Waals surface area contributed by atoms with Crippen molar-refractivity contribution in [3.63, 3.8) is 0 Å². The second kappa shape index (κ2) is 4.55. The molecule has 5 heteroatoms. The van der Waals surface area contributed by atoms with Gasteiger partial charge in [-0.3, -0.25) is 0 Å². The molecule has 2 N–H and O–H groups in total. The van der Waals surface area contributed by atoms with Crippen LogP contribution in [0.3, 0.4) is 0 Å². The number of hydrogen-bond donors (Lipinski definition) is 2. The Morgan fingerprint density at radius 2 is 2.31 bits per heavy atom. The Bertz CT molecular complexity index is 306. The number of hydrogen-bond acceptors (Lipinski definition) is 3. The second-order valence-corrected chi connectivity index (χ2v) is 3.27. The maximum absolute atomic E-state index is 12.8. The lowest BCUT2D eigenvalue weighted by Gasteiger charge is -2.06. The molecule has 72 valence electrons. The van der Waals surface area contributed by atoms with Crippen molar-refractivity contribution in [3.8, 4) is 5.75 Å². The lowest BCUT2D eigenvalue weighted by atomic mass is 10.2. The monoisotopic (exact) mass is 249 g/mol. The van der Waals surface area contributed by atoms with Crippen LogP contribution in [-0.2, 0) is 11.4 Å². The minimum atomic E-state index is -0.405. The summed E-state index contributed by atoms with van der Waals surface area (Å²) >= 11 is 3.03. The van der Waals surface area contributed by atoms with Crippen LogP contribution in [0, 0.1) is 5.82 Å². The Kier molecular flexibility index (Phi) is 3.65. The summed E-state index contributed by atoms with van der Waals surface area (Å²) in [5.41, 5.74) is 2.95. The molecule has 0 amide bonds. The number of hydroxylamine groups is 1. The Morgan fingerprint density at radius 3 is 2.92 bits per heavy atom. The molecule has 0 radical (unpaired) electrons. The van der Waals surface area contributed by atoms with Crippen LogP contribution in [0.5, 0.6) is 5.75 Å². The second-order valence-electron chi connectivity index (χ2n) is 2.42. The van der Waals surface area contributed by atoms with Gasteiger partial charge in [-0.1, -0.05) is 0 Å². The maximum atomic E-state index is 12.8. The minimum absolute atomic E-state index is 0.0194. The molecule has 0 heterocycles. The highest BCUT2D eigenvalue weighted by atomic mass is 79.9. The van der Waals surface area contributed by atoms with Crippen molar-refractivity contribution in [3.05, 3.63) is 28.0 Å². The quantitative estimate of drug-likeness (QED) is 0.805. The van der Waals surface area contributed by atoms with E-state index in [2.05, 4.69) is 26.2 Å². The molecule has 0 aliphatic heterocycles. The van der Waals surface area contributed by atoms with Gasteiger partial charge in [0.25, 0.3) is 0 Å². The zero-order chi connectivity index (χ0) is 9.84. The van der Waals surface area contributed by atoms with E-state index in [0.717, 1.165) is 0 Å².